The zero-order chi connectivity index (χ0) is 26.5. The van der Waals surface area contributed by atoms with Crippen LogP contribution in [0, 0.1) is 13.8 Å². The number of carbonyl (C=O) groups is 2. The summed E-state index contributed by atoms with van der Waals surface area (Å²) in [7, 11) is 1.70. The third kappa shape index (κ3) is 9.84. The summed E-state index contributed by atoms with van der Waals surface area (Å²) in [6.45, 7) is 6.79. The van der Waals surface area contributed by atoms with Gasteiger partial charge in [0.15, 0.2) is 0 Å². The predicted octanol–water partition coefficient (Wildman–Crippen LogP) is 2.69. The van der Waals surface area contributed by atoms with Gasteiger partial charge in [-0.05, 0) is 43.5 Å². The second kappa shape index (κ2) is 14.6. The van der Waals surface area contributed by atoms with Crippen LogP contribution in [-0.2, 0) is 33.7 Å². The Bertz CT molecular complexity index is 1210. The molecule has 0 fully saturated rings. The molecule has 0 unspecified atom stereocenters. The number of aliphatic hydroxyl groups excluding tert-OH is 1. The molecular formula is C28H35N3O5. The van der Waals surface area contributed by atoms with Crippen LogP contribution in [0.15, 0.2) is 65.5 Å². The summed E-state index contributed by atoms with van der Waals surface area (Å²) in [4.78, 5) is 36.4. The molecule has 0 saturated heterocycles. The summed E-state index contributed by atoms with van der Waals surface area (Å²) >= 11 is 0. The van der Waals surface area contributed by atoms with Crippen molar-refractivity contribution >= 4 is 11.9 Å². The smallest absolute Gasteiger partial charge is 0.310 e. The quantitative estimate of drug-likeness (QED) is 0.460. The Kier molecular flexibility index (Phi) is 11.5. The van der Waals surface area contributed by atoms with Gasteiger partial charge in [-0.2, -0.15) is 5.10 Å². The van der Waals surface area contributed by atoms with Crippen LogP contribution in [0.25, 0.3) is 0 Å². The molecule has 1 amide bonds. The van der Waals surface area contributed by atoms with Gasteiger partial charge < -0.3 is 14.7 Å². The van der Waals surface area contributed by atoms with Crippen LogP contribution < -0.4 is 5.56 Å². The Hall–Kier alpha value is -3.78. The molecule has 8 nitrogen and oxygen atoms in total. The summed E-state index contributed by atoms with van der Waals surface area (Å²) in [6, 6.07) is 18.6. The molecule has 3 aromatic rings. The fourth-order valence-electron chi connectivity index (χ4n) is 3.46. The highest BCUT2D eigenvalue weighted by Gasteiger charge is 2.09. The fraction of sp³-hybridized carbons (Fsp3) is 0.357. The minimum Gasteiger partial charge on any atom is -0.466 e. The maximum absolute atomic E-state index is 11.7. The highest BCUT2D eigenvalue weighted by atomic mass is 16.5. The summed E-state index contributed by atoms with van der Waals surface area (Å²) in [5, 5.41) is 12.9. The molecule has 8 heteroatoms. The maximum atomic E-state index is 11.7. The molecule has 1 aromatic heterocycles. The average molecular weight is 494 g/mol. The Morgan fingerprint density at radius 1 is 0.972 bits per heavy atom. The number of hydrogen-bond acceptors (Lipinski definition) is 6. The molecule has 0 saturated carbocycles. The van der Waals surface area contributed by atoms with Gasteiger partial charge in [-0.25, -0.2) is 4.68 Å². The number of aryl methyl sites for hydroxylation is 2. The van der Waals surface area contributed by atoms with E-state index in [0.717, 1.165) is 27.9 Å². The topological polar surface area (TPSA) is 102 Å². The van der Waals surface area contributed by atoms with E-state index in [1.807, 2.05) is 62.4 Å². The Balaban J connectivity index is 0.000000269. The minimum atomic E-state index is -0.250. The minimum absolute atomic E-state index is 0.00998. The third-order valence-electron chi connectivity index (χ3n) is 5.28. The molecule has 36 heavy (non-hydrogen) atoms. The van der Waals surface area contributed by atoms with Crippen molar-refractivity contribution in [2.75, 3.05) is 26.8 Å². The van der Waals surface area contributed by atoms with Crippen molar-refractivity contribution in [3.05, 3.63) is 99.0 Å². The van der Waals surface area contributed by atoms with E-state index in [-0.39, 0.29) is 30.5 Å². The largest absolute Gasteiger partial charge is 0.466 e. The Labute approximate surface area is 212 Å². The second-order valence-electron chi connectivity index (χ2n) is 8.48. The van der Waals surface area contributed by atoms with Gasteiger partial charge in [0, 0.05) is 19.7 Å². The van der Waals surface area contributed by atoms with E-state index in [9.17, 15) is 14.4 Å². The molecule has 0 atom stereocenters. The van der Waals surface area contributed by atoms with E-state index in [0.29, 0.717) is 26.1 Å². The van der Waals surface area contributed by atoms with E-state index in [1.54, 1.807) is 24.9 Å². The van der Waals surface area contributed by atoms with Crippen LogP contribution in [0.4, 0.5) is 0 Å². The van der Waals surface area contributed by atoms with E-state index in [2.05, 4.69) is 5.10 Å². The predicted molar refractivity (Wildman–Crippen MR) is 139 cm³/mol. The van der Waals surface area contributed by atoms with E-state index < -0.39 is 0 Å². The van der Waals surface area contributed by atoms with Crippen LogP contribution in [0.5, 0.6) is 0 Å². The number of nitrogens with zero attached hydrogens (tertiary/aromatic N) is 3. The normalized spacial score (nSPS) is 10.2. The molecule has 0 aliphatic heterocycles. The van der Waals surface area contributed by atoms with Gasteiger partial charge in [0.2, 0.25) is 5.91 Å². The average Bonchev–Trinajstić information content (AvgIpc) is 2.82. The van der Waals surface area contributed by atoms with Crippen molar-refractivity contribution in [1.29, 1.82) is 0 Å². The Morgan fingerprint density at radius 2 is 1.64 bits per heavy atom. The number of ether oxygens (including phenoxy) is 1. The molecule has 1 N–H and O–H groups in total. The number of esters is 1. The first kappa shape index (κ1) is 28.5. The number of benzene rings is 2. The molecular weight excluding hydrogens is 458 g/mol. The molecule has 0 aliphatic rings. The standard InChI is InChI=1S/C16H18N2O3.C12H17NO2/c1-3-21-16(20)10-13-5-4-6-14(9-13)11-18-15(19)8-7-12(2)17-18;1-10-4-3-5-11(8-10)9-12(15)13(2)6-7-14/h4-9H,3,10-11H2,1-2H3;3-5,8,14H,6-7,9H2,1-2H3. The number of carbonyl (C=O) groups excluding carboxylic acids is 2. The van der Waals surface area contributed by atoms with Crippen molar-refractivity contribution in [2.45, 2.75) is 40.2 Å². The summed E-state index contributed by atoms with van der Waals surface area (Å²) in [6.07, 6.45) is 0.635. The van der Waals surface area contributed by atoms with E-state index in [1.165, 1.54) is 10.7 Å². The molecule has 3 rings (SSSR count). The SMILES string of the molecule is CCOC(=O)Cc1cccc(Cn2nc(C)ccc2=O)c1.Cc1cccc(CC(=O)N(C)CCO)c1. The molecule has 0 radical (unpaired) electrons. The number of likely N-dealkylation sites (N-methyl/N-ethyl adjacent to an activating group) is 1. The van der Waals surface area contributed by atoms with Crippen LogP contribution in [0.1, 0.15) is 34.9 Å². The molecule has 192 valence electrons. The lowest BCUT2D eigenvalue weighted by atomic mass is 10.1. The number of rotatable bonds is 9. The van der Waals surface area contributed by atoms with Crippen molar-refractivity contribution in [3.8, 4) is 0 Å². The first-order chi connectivity index (χ1) is 17.2. The van der Waals surface area contributed by atoms with E-state index in [4.69, 9.17) is 9.84 Å². The number of amides is 1. The first-order valence-electron chi connectivity index (χ1n) is 11.9. The highest BCUT2D eigenvalue weighted by molar-refractivity contribution is 5.78. The number of aliphatic hydroxyl groups is 1. The first-order valence-corrected chi connectivity index (χ1v) is 11.9. The van der Waals surface area contributed by atoms with Crippen molar-refractivity contribution in [3.63, 3.8) is 0 Å². The van der Waals surface area contributed by atoms with Crippen LogP contribution in [0.2, 0.25) is 0 Å². The summed E-state index contributed by atoms with van der Waals surface area (Å²) in [5.41, 5.74) is 4.62. The zero-order valence-electron chi connectivity index (χ0n) is 21.4. The van der Waals surface area contributed by atoms with Gasteiger partial charge in [0.25, 0.3) is 5.56 Å². The van der Waals surface area contributed by atoms with Gasteiger partial charge in [-0.15, -0.1) is 0 Å². The molecule has 0 aliphatic carbocycles. The lowest BCUT2D eigenvalue weighted by molar-refractivity contribution is -0.142. The molecule has 0 bridgehead atoms. The van der Waals surface area contributed by atoms with Gasteiger partial charge in [-0.1, -0.05) is 54.1 Å². The second-order valence-corrected chi connectivity index (χ2v) is 8.48. The van der Waals surface area contributed by atoms with Gasteiger partial charge in [-0.3, -0.25) is 14.4 Å². The monoisotopic (exact) mass is 493 g/mol. The summed E-state index contributed by atoms with van der Waals surface area (Å²) < 4.78 is 6.35. The van der Waals surface area contributed by atoms with Crippen molar-refractivity contribution in [1.82, 2.24) is 14.7 Å². The Morgan fingerprint density at radius 3 is 2.31 bits per heavy atom. The van der Waals surface area contributed by atoms with Crippen molar-refractivity contribution in [2.24, 2.45) is 0 Å². The lowest BCUT2D eigenvalue weighted by Gasteiger charge is -2.15. The molecule has 0 spiro atoms. The lowest BCUT2D eigenvalue weighted by Crippen LogP contribution is -2.30. The maximum Gasteiger partial charge on any atom is 0.310 e. The summed E-state index contributed by atoms with van der Waals surface area (Å²) in [5.74, 6) is -0.213. The highest BCUT2D eigenvalue weighted by Crippen LogP contribution is 2.08. The van der Waals surface area contributed by atoms with Crippen LogP contribution in [0.3, 0.4) is 0 Å². The van der Waals surface area contributed by atoms with E-state index >= 15 is 0 Å². The molecule has 2 aromatic carbocycles. The van der Waals surface area contributed by atoms with Crippen LogP contribution >= 0.6 is 0 Å². The van der Waals surface area contributed by atoms with Crippen LogP contribution in [-0.4, -0.2) is 58.5 Å². The third-order valence-corrected chi connectivity index (χ3v) is 5.28. The number of aromatic nitrogens is 2. The van der Waals surface area contributed by atoms with Gasteiger partial charge in [0.05, 0.1) is 38.3 Å². The molecule has 1 heterocycles. The zero-order valence-corrected chi connectivity index (χ0v) is 21.4. The fourth-order valence-corrected chi connectivity index (χ4v) is 3.46. The number of hydrogen-bond donors (Lipinski definition) is 1. The van der Waals surface area contributed by atoms with Gasteiger partial charge in [0.1, 0.15) is 0 Å². The van der Waals surface area contributed by atoms with Crippen molar-refractivity contribution < 1.29 is 19.4 Å². The van der Waals surface area contributed by atoms with Gasteiger partial charge >= 0.3 is 5.97 Å².